The van der Waals surface area contributed by atoms with Gasteiger partial charge < -0.3 is 9.80 Å². The van der Waals surface area contributed by atoms with E-state index in [0.29, 0.717) is 5.56 Å². The Balaban J connectivity index is 1.49. The maximum atomic E-state index is 9.02. The number of aromatic nitrogens is 4. The van der Waals surface area contributed by atoms with Crippen LogP contribution in [0.5, 0.6) is 0 Å². The molecule has 1 aliphatic rings. The van der Waals surface area contributed by atoms with Crippen molar-refractivity contribution in [3.05, 3.63) is 47.9 Å². The summed E-state index contributed by atoms with van der Waals surface area (Å²) in [6, 6.07) is 9.75. The Morgan fingerprint density at radius 1 is 1.04 bits per heavy atom. The zero-order valence-electron chi connectivity index (χ0n) is 13.4. The molecule has 7 nitrogen and oxygen atoms in total. The molecule has 3 aromatic rings. The highest BCUT2D eigenvalue weighted by Gasteiger charge is 2.19. The third-order valence-corrected chi connectivity index (χ3v) is 4.23. The van der Waals surface area contributed by atoms with Crippen LogP contribution in [0.15, 0.2) is 36.7 Å². The quantitative estimate of drug-likeness (QED) is 0.715. The average molecular weight is 319 g/mol. The molecule has 1 saturated heterocycles. The summed E-state index contributed by atoms with van der Waals surface area (Å²) < 4.78 is 1.83. The summed E-state index contributed by atoms with van der Waals surface area (Å²) in [5.41, 5.74) is 2.48. The Morgan fingerprint density at radius 3 is 2.54 bits per heavy atom. The predicted octanol–water partition coefficient (Wildman–Crippen LogP) is 1.63. The SMILES string of the molecule is Cc1cn2nc(N3CCN(c4cc(C#N)ccn4)CC3)ccc2n1. The Bertz CT molecular complexity index is 916. The molecular formula is C17H17N7. The molecule has 0 saturated carbocycles. The smallest absolute Gasteiger partial charge is 0.153 e. The van der Waals surface area contributed by atoms with E-state index in [1.165, 1.54) is 0 Å². The first kappa shape index (κ1) is 14.5. The van der Waals surface area contributed by atoms with Crippen molar-refractivity contribution in [3.63, 3.8) is 0 Å². The number of hydrogen-bond acceptors (Lipinski definition) is 6. The maximum Gasteiger partial charge on any atom is 0.153 e. The topological polar surface area (TPSA) is 73.3 Å². The van der Waals surface area contributed by atoms with Gasteiger partial charge in [0.2, 0.25) is 0 Å². The first-order chi connectivity index (χ1) is 11.7. The van der Waals surface area contributed by atoms with Gasteiger partial charge in [0, 0.05) is 32.4 Å². The van der Waals surface area contributed by atoms with Crippen LogP contribution in [0.25, 0.3) is 5.65 Å². The van der Waals surface area contributed by atoms with Gasteiger partial charge in [0.05, 0.1) is 23.5 Å². The van der Waals surface area contributed by atoms with Crippen LogP contribution in [0, 0.1) is 18.3 Å². The summed E-state index contributed by atoms with van der Waals surface area (Å²) >= 11 is 0. The van der Waals surface area contributed by atoms with Crippen LogP contribution < -0.4 is 9.80 Å². The normalized spacial score (nSPS) is 14.8. The zero-order valence-corrected chi connectivity index (χ0v) is 13.4. The summed E-state index contributed by atoms with van der Waals surface area (Å²) in [5, 5.41) is 13.7. The van der Waals surface area contributed by atoms with Crippen molar-refractivity contribution in [2.45, 2.75) is 6.92 Å². The Hall–Kier alpha value is -3.14. The van der Waals surface area contributed by atoms with Crippen LogP contribution in [0.3, 0.4) is 0 Å². The molecule has 3 aromatic heterocycles. The monoisotopic (exact) mass is 319 g/mol. The van der Waals surface area contributed by atoms with Crippen LogP contribution in [-0.4, -0.2) is 45.8 Å². The fourth-order valence-corrected chi connectivity index (χ4v) is 2.98. The molecule has 1 aliphatic heterocycles. The van der Waals surface area contributed by atoms with Crippen molar-refractivity contribution in [2.24, 2.45) is 0 Å². The lowest BCUT2D eigenvalue weighted by Crippen LogP contribution is -2.47. The number of nitriles is 1. The second-order valence-electron chi connectivity index (χ2n) is 5.87. The van der Waals surface area contributed by atoms with Gasteiger partial charge in [-0.25, -0.2) is 14.5 Å². The lowest BCUT2D eigenvalue weighted by atomic mass is 10.2. The highest BCUT2D eigenvalue weighted by atomic mass is 15.4. The van der Waals surface area contributed by atoms with Gasteiger partial charge in [-0.3, -0.25) is 0 Å². The number of hydrogen-bond donors (Lipinski definition) is 0. The number of pyridine rings is 1. The molecule has 0 bridgehead atoms. The molecule has 4 heterocycles. The summed E-state index contributed by atoms with van der Waals surface area (Å²) in [6.45, 7) is 5.40. The van der Waals surface area contributed by atoms with Crippen molar-refractivity contribution in [2.75, 3.05) is 36.0 Å². The van der Waals surface area contributed by atoms with Crippen molar-refractivity contribution in [1.29, 1.82) is 5.26 Å². The van der Waals surface area contributed by atoms with Gasteiger partial charge in [0.25, 0.3) is 0 Å². The molecule has 7 heteroatoms. The molecule has 0 spiro atoms. The lowest BCUT2D eigenvalue weighted by Gasteiger charge is -2.35. The Morgan fingerprint density at radius 2 is 1.79 bits per heavy atom. The third kappa shape index (κ3) is 2.63. The maximum absolute atomic E-state index is 9.02. The number of imidazole rings is 1. The molecule has 4 rings (SSSR count). The molecule has 0 atom stereocenters. The van der Waals surface area contributed by atoms with E-state index in [1.807, 2.05) is 35.8 Å². The van der Waals surface area contributed by atoms with Crippen LogP contribution >= 0.6 is 0 Å². The fraction of sp³-hybridized carbons (Fsp3) is 0.294. The van der Waals surface area contributed by atoms with Crippen molar-refractivity contribution in [1.82, 2.24) is 19.6 Å². The highest BCUT2D eigenvalue weighted by Crippen LogP contribution is 2.18. The molecule has 0 aromatic carbocycles. The number of nitrogens with zero attached hydrogens (tertiary/aromatic N) is 7. The van der Waals surface area contributed by atoms with E-state index in [1.54, 1.807) is 12.3 Å². The first-order valence-corrected chi connectivity index (χ1v) is 7.92. The minimum atomic E-state index is 0.644. The standard InChI is InChI=1S/C17H17N7/c1-13-12-24-15(20-13)2-3-16(21-24)22-6-8-23(9-7-22)17-10-14(11-18)4-5-19-17/h2-5,10,12H,6-9H2,1H3. The Labute approximate surface area is 139 Å². The average Bonchev–Trinajstić information content (AvgIpc) is 3.01. The first-order valence-electron chi connectivity index (χ1n) is 7.92. The van der Waals surface area contributed by atoms with Gasteiger partial charge in [0.1, 0.15) is 11.6 Å². The predicted molar refractivity (Wildman–Crippen MR) is 91.1 cm³/mol. The minimum absolute atomic E-state index is 0.644. The third-order valence-electron chi connectivity index (χ3n) is 4.23. The van der Waals surface area contributed by atoms with Crippen LogP contribution in [-0.2, 0) is 0 Å². The van der Waals surface area contributed by atoms with E-state index < -0.39 is 0 Å². The Kier molecular flexibility index (Phi) is 3.50. The fourth-order valence-electron chi connectivity index (χ4n) is 2.98. The lowest BCUT2D eigenvalue weighted by molar-refractivity contribution is 0.636. The molecule has 0 N–H and O–H groups in total. The summed E-state index contributed by atoms with van der Waals surface area (Å²) in [5.74, 6) is 1.82. The van der Waals surface area contributed by atoms with Gasteiger partial charge in [0.15, 0.2) is 5.65 Å². The molecule has 0 unspecified atom stereocenters. The summed E-state index contributed by atoms with van der Waals surface area (Å²) in [6.07, 6.45) is 3.63. The largest absolute Gasteiger partial charge is 0.353 e. The van der Waals surface area contributed by atoms with E-state index in [4.69, 9.17) is 5.26 Å². The molecule has 1 fully saturated rings. The van der Waals surface area contributed by atoms with Crippen molar-refractivity contribution < 1.29 is 0 Å². The molecule has 24 heavy (non-hydrogen) atoms. The van der Waals surface area contributed by atoms with Crippen LogP contribution in [0.1, 0.15) is 11.3 Å². The number of aryl methyl sites for hydroxylation is 1. The molecular weight excluding hydrogens is 302 g/mol. The van der Waals surface area contributed by atoms with Gasteiger partial charge >= 0.3 is 0 Å². The molecule has 0 aliphatic carbocycles. The second kappa shape index (κ2) is 5.81. The highest BCUT2D eigenvalue weighted by molar-refractivity contribution is 5.50. The van der Waals surface area contributed by atoms with E-state index in [-0.39, 0.29) is 0 Å². The van der Waals surface area contributed by atoms with E-state index >= 15 is 0 Å². The van der Waals surface area contributed by atoms with Crippen molar-refractivity contribution in [3.8, 4) is 6.07 Å². The van der Waals surface area contributed by atoms with Gasteiger partial charge in [-0.15, -0.1) is 5.10 Å². The number of anilines is 2. The van der Waals surface area contributed by atoms with Crippen LogP contribution in [0.2, 0.25) is 0 Å². The molecule has 0 radical (unpaired) electrons. The van der Waals surface area contributed by atoms with E-state index in [9.17, 15) is 0 Å². The minimum Gasteiger partial charge on any atom is -0.353 e. The van der Waals surface area contributed by atoms with E-state index in [0.717, 1.165) is 49.2 Å². The molecule has 0 amide bonds. The molecule has 120 valence electrons. The van der Waals surface area contributed by atoms with Crippen LogP contribution in [0.4, 0.5) is 11.6 Å². The number of fused-ring (bicyclic) bond motifs is 1. The number of rotatable bonds is 2. The van der Waals surface area contributed by atoms with Gasteiger partial charge in [-0.2, -0.15) is 5.26 Å². The zero-order chi connectivity index (χ0) is 16.5. The van der Waals surface area contributed by atoms with Gasteiger partial charge in [-0.1, -0.05) is 0 Å². The van der Waals surface area contributed by atoms with Gasteiger partial charge in [-0.05, 0) is 31.2 Å². The number of piperazine rings is 1. The van der Waals surface area contributed by atoms with Crippen molar-refractivity contribution >= 4 is 17.3 Å². The van der Waals surface area contributed by atoms with E-state index in [2.05, 4.69) is 30.9 Å². The summed E-state index contributed by atoms with van der Waals surface area (Å²) in [4.78, 5) is 13.3. The summed E-state index contributed by atoms with van der Waals surface area (Å²) in [7, 11) is 0. The second-order valence-corrected chi connectivity index (χ2v) is 5.87.